The highest BCUT2D eigenvalue weighted by Gasteiger charge is 2.60. The van der Waals surface area contributed by atoms with Crippen LogP contribution in [0.2, 0.25) is 0 Å². The molecule has 3 N–H and O–H groups in total. The van der Waals surface area contributed by atoms with E-state index in [0.717, 1.165) is 85.5 Å². The molecule has 2 fully saturated rings. The molecule has 77 heavy (non-hydrogen) atoms. The van der Waals surface area contributed by atoms with Crippen LogP contribution in [0.15, 0.2) is 120 Å². The molecule has 2 atom stereocenters. The molecule has 0 aliphatic carbocycles. The Kier molecular flexibility index (Phi) is 18.2. The molecule has 2 aliphatic heterocycles. The number of carbonyl (C=O) groups excluding carboxylic acids is 1. The second kappa shape index (κ2) is 23.7. The molecule has 2 saturated heterocycles. The molecule has 0 radical (unpaired) electrons. The number of carbonyl (C=O) groups is 2. The first kappa shape index (κ1) is 59.2. The summed E-state index contributed by atoms with van der Waals surface area (Å²) in [5, 5.41) is 9.11. The summed E-state index contributed by atoms with van der Waals surface area (Å²) >= 11 is 0. The summed E-state index contributed by atoms with van der Waals surface area (Å²) < 4.78 is 209. The molecule has 4 aromatic heterocycles. The fourth-order valence-electron chi connectivity index (χ4n) is 8.16. The molecule has 0 saturated carbocycles. The number of aromatic nitrogens is 6. The molecule has 2 aliphatic rings. The fraction of sp³-hybridized carbons (Fsp3) is 0.319. The highest BCUT2D eigenvalue weighted by atomic mass is 32.2. The maximum atomic E-state index is 14.4. The van der Waals surface area contributed by atoms with Crippen molar-refractivity contribution in [3.05, 3.63) is 144 Å². The van der Waals surface area contributed by atoms with Crippen molar-refractivity contribution >= 4 is 31.8 Å². The summed E-state index contributed by atoms with van der Waals surface area (Å²) in [5.74, 6) is -4.29. The molecule has 6 aromatic rings. The van der Waals surface area contributed by atoms with E-state index in [4.69, 9.17) is 10.8 Å². The number of Topliss-reactive ketones (excluding diaryl/α,β-unsaturated/α-hetero) is 1. The molecule has 16 nitrogen and oxygen atoms in total. The molecule has 0 amide bonds. The van der Waals surface area contributed by atoms with Crippen LogP contribution in [0.3, 0.4) is 0 Å². The van der Waals surface area contributed by atoms with Crippen molar-refractivity contribution in [3.8, 4) is 22.5 Å². The zero-order chi connectivity index (χ0) is 56.7. The molecule has 2 aromatic carbocycles. The van der Waals surface area contributed by atoms with Crippen molar-refractivity contribution in [1.29, 1.82) is 0 Å². The molecule has 8 rings (SSSR count). The lowest BCUT2D eigenvalue weighted by atomic mass is 9.89. The van der Waals surface area contributed by atoms with Crippen LogP contribution < -0.4 is 5.73 Å². The highest BCUT2D eigenvalue weighted by molar-refractivity contribution is 7.89. The number of benzene rings is 2. The number of aliphatic carboxylic acids is 1. The van der Waals surface area contributed by atoms with E-state index >= 15 is 0 Å². The van der Waals surface area contributed by atoms with Gasteiger partial charge in [0.25, 0.3) is 12.9 Å². The third kappa shape index (κ3) is 13.1. The summed E-state index contributed by atoms with van der Waals surface area (Å²) in [5.41, 5.74) is 0.304. The van der Waals surface area contributed by atoms with Gasteiger partial charge in [0.2, 0.25) is 20.0 Å². The minimum Gasteiger partial charge on any atom is -0.480 e. The smallest absolute Gasteiger partial charge is 0.433 e. The summed E-state index contributed by atoms with van der Waals surface area (Å²) in [4.78, 5) is 46.2. The Hall–Kier alpha value is -7.02. The second-order valence-electron chi connectivity index (χ2n) is 16.8. The normalized spacial score (nSPS) is 18.4. The summed E-state index contributed by atoms with van der Waals surface area (Å²) in [6, 6.07) is 14.4. The molecule has 0 unspecified atom stereocenters. The van der Waals surface area contributed by atoms with Crippen LogP contribution in [-0.4, -0.2) is 109 Å². The number of nitrogens with two attached hydrogens (primary N) is 1. The number of alkyl halides is 10. The van der Waals surface area contributed by atoms with Crippen LogP contribution in [0.1, 0.15) is 54.9 Å². The van der Waals surface area contributed by atoms with Gasteiger partial charge in [0.1, 0.15) is 35.7 Å². The van der Waals surface area contributed by atoms with E-state index in [9.17, 15) is 79.1 Å². The number of carboxylic acid groups (broad SMARTS) is 1. The number of halogens is 12. The first-order valence-corrected chi connectivity index (χ1v) is 25.3. The first-order valence-electron chi connectivity index (χ1n) is 22.4. The maximum Gasteiger partial charge on any atom is 0.433 e. The first-order chi connectivity index (χ1) is 36.1. The quantitative estimate of drug-likeness (QED) is 0.0976. The lowest BCUT2D eigenvalue weighted by molar-refractivity contribution is -0.156. The zero-order valence-corrected chi connectivity index (χ0v) is 40.9. The van der Waals surface area contributed by atoms with Crippen molar-refractivity contribution in [2.24, 2.45) is 5.73 Å². The molecule has 0 bridgehead atoms. The van der Waals surface area contributed by atoms with Crippen LogP contribution in [0.4, 0.5) is 52.7 Å². The van der Waals surface area contributed by atoms with Gasteiger partial charge in [0.15, 0.2) is 16.9 Å². The SMILES string of the molecule is NCc1cc(-c2ccc(C(F)(F)F)nc2)ncn1.O=C(CCc1cc(-c2ccc(C(F)(F)F)nc2)ncn1)[C@]1(C(F)F)CCCN1S(=O)(=O)c1ccc(F)cc1.O=C(O)[C@]1(C(F)F)CCCN1S(=O)(=O)c1ccc(F)cc1. The van der Waals surface area contributed by atoms with Crippen molar-refractivity contribution in [2.75, 3.05) is 13.1 Å². The average molecular weight is 1140 g/mol. The van der Waals surface area contributed by atoms with E-state index in [1.807, 2.05) is 0 Å². The van der Waals surface area contributed by atoms with Gasteiger partial charge in [-0.25, -0.2) is 67.9 Å². The van der Waals surface area contributed by atoms with E-state index in [1.165, 1.54) is 18.5 Å². The third-order valence-electron chi connectivity index (χ3n) is 12.1. The van der Waals surface area contributed by atoms with E-state index < -0.39 is 120 Å². The van der Waals surface area contributed by atoms with Crippen LogP contribution in [0.5, 0.6) is 0 Å². The Morgan fingerprint density at radius 2 is 1.00 bits per heavy atom. The minimum atomic E-state index is -4.62. The van der Waals surface area contributed by atoms with Gasteiger partial charge in [0, 0.05) is 55.3 Å². The van der Waals surface area contributed by atoms with E-state index in [0.29, 0.717) is 25.6 Å². The minimum absolute atomic E-state index is 0.0110. The second-order valence-corrected chi connectivity index (χ2v) is 20.5. The van der Waals surface area contributed by atoms with Crippen molar-refractivity contribution in [2.45, 2.75) is 91.1 Å². The Bertz CT molecular complexity index is 3260. The van der Waals surface area contributed by atoms with E-state index in [2.05, 4.69) is 29.9 Å². The summed E-state index contributed by atoms with van der Waals surface area (Å²) in [6.45, 7) is -0.395. The third-order valence-corrected chi connectivity index (χ3v) is 16.0. The molecular formula is C47H41F12N9O7S2. The van der Waals surface area contributed by atoms with Crippen molar-refractivity contribution < 1.29 is 84.2 Å². The number of carboxylic acids is 1. The Morgan fingerprint density at radius 3 is 1.38 bits per heavy atom. The van der Waals surface area contributed by atoms with Crippen molar-refractivity contribution in [3.63, 3.8) is 0 Å². The number of hydrogen-bond acceptors (Lipinski definition) is 13. The van der Waals surface area contributed by atoms with Gasteiger partial charge in [-0.05, 0) is 117 Å². The topological polar surface area (TPSA) is 232 Å². The number of sulfonamides is 2. The lowest BCUT2D eigenvalue weighted by Gasteiger charge is -2.35. The molecular weight excluding hydrogens is 1090 g/mol. The highest BCUT2D eigenvalue weighted by Crippen LogP contribution is 2.42. The standard InChI is InChI=1S/C24H20F6N4O3S.C12H12F3NO4S.C11H9F3N4/c25-16-3-6-18(7-4-16)38(36,37)34-11-1-10-23(34,22(26)27)21(35)9-5-17-12-19(33-14-32-17)15-2-8-20(31-13-15)24(28,29)30;13-8-2-4-9(5-3-8)21(19,20)16-7-1-6-12(16,10(14)15)11(17)18;12-11(13,14)10-2-1-7(5-16-10)9-3-8(4-15)17-6-18-9/h2-4,6-8,12-14,22H,1,5,9-11H2;2-5,10H,1,6-7H2,(H,17,18);1-3,5-6H,4,15H2/t23-;12-;/m01./s1. The van der Waals surface area contributed by atoms with Crippen LogP contribution in [0.25, 0.3) is 22.5 Å². The van der Waals surface area contributed by atoms with Crippen LogP contribution in [0, 0.1) is 11.6 Å². The number of hydrogen-bond donors (Lipinski definition) is 2. The van der Waals surface area contributed by atoms with E-state index in [-0.39, 0.29) is 55.8 Å². The fourth-order valence-corrected chi connectivity index (χ4v) is 11.7. The predicted molar refractivity (Wildman–Crippen MR) is 246 cm³/mol. The van der Waals surface area contributed by atoms with Gasteiger partial charge in [0.05, 0.1) is 26.9 Å². The number of nitrogens with zero attached hydrogens (tertiary/aromatic N) is 8. The Labute approximate surface area is 430 Å². The number of pyridine rings is 2. The zero-order valence-electron chi connectivity index (χ0n) is 39.3. The van der Waals surface area contributed by atoms with Gasteiger partial charge < -0.3 is 10.8 Å². The van der Waals surface area contributed by atoms with Crippen LogP contribution in [-0.2, 0) is 55.0 Å². The average Bonchev–Trinajstić information content (AvgIpc) is 4.20. The van der Waals surface area contributed by atoms with Gasteiger partial charge in [-0.3, -0.25) is 14.8 Å². The van der Waals surface area contributed by atoms with E-state index in [1.54, 1.807) is 6.07 Å². The molecule has 412 valence electrons. The van der Waals surface area contributed by atoms with Crippen molar-refractivity contribution in [1.82, 2.24) is 38.5 Å². The predicted octanol–water partition coefficient (Wildman–Crippen LogP) is 8.40. The Balaban J connectivity index is 0.000000207. The van der Waals surface area contributed by atoms with Gasteiger partial charge >= 0.3 is 18.3 Å². The van der Waals surface area contributed by atoms with Gasteiger partial charge in [-0.15, -0.1) is 0 Å². The summed E-state index contributed by atoms with van der Waals surface area (Å²) in [7, 11) is -8.99. The largest absolute Gasteiger partial charge is 0.480 e. The summed E-state index contributed by atoms with van der Waals surface area (Å²) in [6.07, 6.45) is -12.7. The lowest BCUT2D eigenvalue weighted by Crippen LogP contribution is -2.57. The molecule has 6 heterocycles. The van der Waals surface area contributed by atoms with Gasteiger partial charge in [-0.1, -0.05) is 0 Å². The Morgan fingerprint density at radius 1 is 0.597 bits per heavy atom. The van der Waals surface area contributed by atoms with Gasteiger partial charge in [-0.2, -0.15) is 35.0 Å². The van der Waals surface area contributed by atoms with Crippen LogP contribution >= 0.6 is 0 Å². The number of aryl methyl sites for hydroxylation is 1. The maximum absolute atomic E-state index is 14.4. The molecule has 0 spiro atoms. The number of ketones is 1. The number of rotatable bonds is 14. The molecule has 30 heteroatoms. The monoisotopic (exact) mass is 1140 g/mol.